The van der Waals surface area contributed by atoms with Gasteiger partial charge >= 0.3 is 0 Å². The Morgan fingerprint density at radius 1 is 1.13 bits per heavy atom. The number of hydrogen-bond donors (Lipinski definition) is 3. The van der Waals surface area contributed by atoms with Crippen LogP contribution in [0.1, 0.15) is 19.3 Å². The van der Waals surface area contributed by atoms with E-state index in [1.54, 1.807) is 6.07 Å². The minimum Gasteiger partial charge on any atom is -0.395 e. The van der Waals surface area contributed by atoms with Crippen molar-refractivity contribution in [3.8, 4) is 0 Å². The molecule has 3 N–H and O–H groups in total. The molecule has 5 nitrogen and oxygen atoms in total. The van der Waals surface area contributed by atoms with Crippen LogP contribution in [0.2, 0.25) is 0 Å². The molecule has 0 radical (unpaired) electrons. The Hall–Kier alpha value is -1.21. The van der Waals surface area contributed by atoms with E-state index in [2.05, 4.69) is 4.90 Å². The standard InChI is InChI=1S/C10H12FN.C7H15NO3/c11-9-5-1-2-6-10(9)12-7-3-4-8-12;1-8-3-7(11)6(10)2-5(8)4-9/h1-2,5-6H,3-4,7-8H2;5-7,9-11H,2-4H2,1H3/t;5-,6?,7+/m.1/s1. The minimum atomic E-state index is -0.677. The molecule has 2 saturated heterocycles. The van der Waals surface area contributed by atoms with Crippen molar-refractivity contribution in [1.29, 1.82) is 0 Å². The number of benzene rings is 1. The van der Waals surface area contributed by atoms with Crippen LogP contribution in [0.3, 0.4) is 0 Å². The molecule has 0 saturated carbocycles. The molecular weight excluding hydrogens is 299 g/mol. The molecule has 6 heteroatoms. The number of halogens is 1. The molecule has 0 aromatic heterocycles. The fourth-order valence-corrected chi connectivity index (χ4v) is 3.06. The molecule has 1 aromatic carbocycles. The third kappa shape index (κ3) is 4.88. The Kier molecular flexibility index (Phi) is 6.77. The SMILES string of the molecule is CN1C[C@H](O)C(O)C[C@@H]1CO.Fc1ccccc1N1CCCC1. The van der Waals surface area contributed by atoms with Crippen molar-refractivity contribution >= 4 is 5.69 Å². The lowest BCUT2D eigenvalue weighted by atomic mass is 9.98. The summed E-state index contributed by atoms with van der Waals surface area (Å²) in [7, 11) is 1.83. The summed E-state index contributed by atoms with van der Waals surface area (Å²) in [5.41, 5.74) is 0.759. The highest BCUT2D eigenvalue weighted by Crippen LogP contribution is 2.22. The Morgan fingerprint density at radius 2 is 1.78 bits per heavy atom. The summed E-state index contributed by atoms with van der Waals surface area (Å²) in [5.74, 6) is -0.0978. The molecule has 0 spiro atoms. The van der Waals surface area contributed by atoms with Gasteiger partial charge < -0.3 is 20.2 Å². The summed E-state index contributed by atoms with van der Waals surface area (Å²) >= 11 is 0. The average molecular weight is 326 g/mol. The van der Waals surface area contributed by atoms with Crippen molar-refractivity contribution < 1.29 is 19.7 Å². The normalized spacial score (nSPS) is 28.4. The van der Waals surface area contributed by atoms with Gasteiger partial charge in [0.15, 0.2) is 0 Å². The second-order valence-corrected chi connectivity index (χ2v) is 6.29. The number of piperidine rings is 1. The zero-order valence-electron chi connectivity index (χ0n) is 13.6. The highest BCUT2D eigenvalue weighted by Gasteiger charge is 2.30. The molecule has 1 aromatic rings. The van der Waals surface area contributed by atoms with E-state index in [-0.39, 0.29) is 18.5 Å². The third-order valence-electron chi connectivity index (χ3n) is 4.57. The quantitative estimate of drug-likeness (QED) is 0.751. The van der Waals surface area contributed by atoms with Gasteiger partial charge in [-0.2, -0.15) is 0 Å². The summed E-state index contributed by atoms with van der Waals surface area (Å²) in [5, 5.41) is 27.2. The van der Waals surface area contributed by atoms with Crippen molar-refractivity contribution in [3.05, 3.63) is 30.1 Å². The van der Waals surface area contributed by atoms with Gasteiger partial charge in [-0.3, -0.25) is 4.90 Å². The Labute approximate surface area is 137 Å². The van der Waals surface area contributed by atoms with Crippen molar-refractivity contribution in [2.75, 3.05) is 38.2 Å². The number of para-hydroxylation sites is 1. The van der Waals surface area contributed by atoms with Gasteiger partial charge in [-0.25, -0.2) is 4.39 Å². The predicted molar refractivity (Wildman–Crippen MR) is 88.0 cm³/mol. The van der Waals surface area contributed by atoms with E-state index < -0.39 is 12.2 Å². The van der Waals surface area contributed by atoms with Gasteiger partial charge in [-0.15, -0.1) is 0 Å². The summed E-state index contributed by atoms with van der Waals surface area (Å²) in [6.45, 7) is 2.48. The lowest BCUT2D eigenvalue weighted by Gasteiger charge is -2.37. The fourth-order valence-electron chi connectivity index (χ4n) is 3.06. The van der Waals surface area contributed by atoms with Crippen LogP contribution < -0.4 is 4.90 Å². The first kappa shape index (κ1) is 18.1. The molecule has 0 bridgehead atoms. The highest BCUT2D eigenvalue weighted by molar-refractivity contribution is 5.48. The lowest BCUT2D eigenvalue weighted by Crippen LogP contribution is -2.51. The number of hydrogen-bond acceptors (Lipinski definition) is 5. The number of anilines is 1. The fraction of sp³-hybridized carbons (Fsp3) is 0.647. The monoisotopic (exact) mass is 326 g/mol. The van der Waals surface area contributed by atoms with E-state index in [9.17, 15) is 14.6 Å². The zero-order chi connectivity index (χ0) is 16.8. The van der Waals surface area contributed by atoms with Gasteiger partial charge in [0.2, 0.25) is 0 Å². The van der Waals surface area contributed by atoms with Gasteiger partial charge in [-0.05, 0) is 38.4 Å². The van der Waals surface area contributed by atoms with Gasteiger partial charge in [0.05, 0.1) is 24.5 Å². The van der Waals surface area contributed by atoms with E-state index >= 15 is 0 Å². The molecule has 1 unspecified atom stereocenters. The van der Waals surface area contributed by atoms with Crippen molar-refractivity contribution in [2.45, 2.75) is 37.5 Å². The Morgan fingerprint density at radius 3 is 2.39 bits per heavy atom. The molecule has 2 aliphatic rings. The molecule has 3 rings (SSSR count). The number of likely N-dealkylation sites (tertiary alicyclic amines) is 1. The van der Waals surface area contributed by atoms with Crippen molar-refractivity contribution in [2.24, 2.45) is 0 Å². The van der Waals surface area contributed by atoms with Crippen LogP contribution in [0.15, 0.2) is 24.3 Å². The third-order valence-corrected chi connectivity index (χ3v) is 4.57. The van der Waals surface area contributed by atoms with Crippen LogP contribution >= 0.6 is 0 Å². The van der Waals surface area contributed by atoms with E-state index in [4.69, 9.17) is 5.11 Å². The van der Waals surface area contributed by atoms with Crippen LogP contribution in [0, 0.1) is 5.82 Å². The number of aliphatic hydroxyl groups is 3. The second kappa shape index (κ2) is 8.59. The second-order valence-electron chi connectivity index (χ2n) is 6.29. The number of aliphatic hydroxyl groups excluding tert-OH is 3. The maximum absolute atomic E-state index is 13.2. The van der Waals surface area contributed by atoms with E-state index in [0.717, 1.165) is 18.8 Å². The van der Waals surface area contributed by atoms with Gasteiger partial charge in [0, 0.05) is 25.7 Å². The first-order valence-corrected chi connectivity index (χ1v) is 8.19. The summed E-state index contributed by atoms with van der Waals surface area (Å²) in [6, 6.07) is 6.98. The Balaban J connectivity index is 0.000000168. The van der Waals surface area contributed by atoms with Crippen LogP contribution in [-0.2, 0) is 0 Å². The molecule has 2 fully saturated rings. The van der Waals surface area contributed by atoms with Crippen LogP contribution in [0.5, 0.6) is 0 Å². The lowest BCUT2D eigenvalue weighted by molar-refractivity contribution is -0.0626. The van der Waals surface area contributed by atoms with E-state index in [1.807, 2.05) is 24.1 Å². The molecule has 2 aliphatic heterocycles. The van der Waals surface area contributed by atoms with Crippen LogP contribution in [-0.4, -0.2) is 71.8 Å². The summed E-state index contributed by atoms with van der Waals surface area (Å²) in [6.07, 6.45) is 1.49. The first-order chi connectivity index (χ1) is 11.0. The maximum Gasteiger partial charge on any atom is 0.146 e. The average Bonchev–Trinajstić information content (AvgIpc) is 3.06. The Bertz CT molecular complexity index is 483. The maximum atomic E-state index is 13.2. The largest absolute Gasteiger partial charge is 0.395 e. The molecule has 23 heavy (non-hydrogen) atoms. The number of likely N-dealkylation sites (N-methyl/N-ethyl adjacent to an activating group) is 1. The first-order valence-electron chi connectivity index (χ1n) is 8.19. The molecule has 0 aliphatic carbocycles. The predicted octanol–water partition coefficient (Wildman–Crippen LogP) is 0.830. The van der Waals surface area contributed by atoms with Gasteiger partial charge in [-0.1, -0.05) is 12.1 Å². The molecular formula is C17H27FN2O3. The van der Waals surface area contributed by atoms with E-state index in [0.29, 0.717) is 13.0 Å². The zero-order valence-corrected chi connectivity index (χ0v) is 13.6. The highest BCUT2D eigenvalue weighted by atomic mass is 19.1. The molecule has 3 atom stereocenters. The molecule has 130 valence electrons. The van der Waals surface area contributed by atoms with Gasteiger partial charge in [0.1, 0.15) is 5.82 Å². The number of β-amino-alcohol motifs (C(OH)–C–C–N with tert-alkyl or cyclic N) is 1. The summed E-state index contributed by atoms with van der Waals surface area (Å²) in [4.78, 5) is 3.96. The molecule has 2 heterocycles. The smallest absolute Gasteiger partial charge is 0.146 e. The van der Waals surface area contributed by atoms with E-state index in [1.165, 1.54) is 18.9 Å². The van der Waals surface area contributed by atoms with Crippen molar-refractivity contribution in [3.63, 3.8) is 0 Å². The van der Waals surface area contributed by atoms with Crippen molar-refractivity contribution in [1.82, 2.24) is 4.90 Å². The number of nitrogens with zero attached hydrogens (tertiary/aromatic N) is 2. The van der Waals surface area contributed by atoms with Crippen LogP contribution in [0.25, 0.3) is 0 Å². The topological polar surface area (TPSA) is 67.2 Å². The van der Waals surface area contributed by atoms with Gasteiger partial charge in [0.25, 0.3) is 0 Å². The number of rotatable bonds is 2. The summed E-state index contributed by atoms with van der Waals surface area (Å²) < 4.78 is 13.2. The minimum absolute atomic E-state index is 0.00611. The van der Waals surface area contributed by atoms with Crippen LogP contribution in [0.4, 0.5) is 10.1 Å². The molecule has 0 amide bonds.